The molecule has 0 rings (SSSR count). The lowest BCUT2D eigenvalue weighted by atomic mass is 10.1. The zero-order chi connectivity index (χ0) is 11.5. The number of halogens is 1. The van der Waals surface area contributed by atoms with Gasteiger partial charge in [0, 0.05) is 5.92 Å². The topological polar surface area (TPSA) is 66.8 Å². The van der Waals surface area contributed by atoms with E-state index < -0.39 is 7.82 Å². The third-order valence-corrected chi connectivity index (χ3v) is 2.54. The van der Waals surface area contributed by atoms with E-state index in [4.69, 9.17) is 21.4 Å². The second-order valence-electron chi connectivity index (χ2n) is 3.60. The Morgan fingerprint density at radius 2 is 1.64 bits per heavy atom. The van der Waals surface area contributed by atoms with Gasteiger partial charge in [0.2, 0.25) is 0 Å². The number of hydrogen-bond acceptors (Lipinski definition) is 2. The Balaban J connectivity index is 4.97. The first-order chi connectivity index (χ1) is 6.15. The number of phosphoric ester groups is 1. The molecule has 0 unspecified atom stereocenters. The fourth-order valence-electron chi connectivity index (χ4n) is 0.837. The van der Waals surface area contributed by atoms with Gasteiger partial charge in [-0.25, -0.2) is 4.57 Å². The Hall–Kier alpha value is -0.0200. The molecule has 0 spiro atoms. The fraction of sp³-hybridized carbons (Fsp3) is 0.750. The molecule has 0 aliphatic heterocycles. The van der Waals surface area contributed by atoms with E-state index in [0.717, 1.165) is 0 Å². The van der Waals surface area contributed by atoms with Gasteiger partial charge < -0.3 is 4.52 Å². The molecule has 6 heteroatoms. The molecule has 0 heterocycles. The first-order valence-corrected chi connectivity index (χ1v) is 6.20. The van der Waals surface area contributed by atoms with Crippen LogP contribution in [0.1, 0.15) is 27.7 Å². The summed E-state index contributed by atoms with van der Waals surface area (Å²) in [6.45, 7) is 7.17. The smallest absolute Gasteiger partial charge is 0.407 e. The number of phosphoric acid groups is 1. The van der Waals surface area contributed by atoms with Crippen molar-refractivity contribution in [3.05, 3.63) is 10.8 Å². The van der Waals surface area contributed by atoms with E-state index in [2.05, 4.69) is 4.52 Å². The average Bonchev–Trinajstić information content (AvgIpc) is 1.96. The van der Waals surface area contributed by atoms with Crippen LogP contribution in [0.4, 0.5) is 0 Å². The molecule has 4 nitrogen and oxygen atoms in total. The van der Waals surface area contributed by atoms with Gasteiger partial charge in [0.15, 0.2) is 0 Å². The van der Waals surface area contributed by atoms with Gasteiger partial charge in [-0.3, -0.25) is 9.79 Å². The van der Waals surface area contributed by atoms with E-state index in [9.17, 15) is 4.57 Å². The molecule has 0 amide bonds. The zero-order valence-corrected chi connectivity index (χ0v) is 10.3. The predicted molar refractivity (Wildman–Crippen MR) is 55.7 cm³/mol. The summed E-state index contributed by atoms with van der Waals surface area (Å²) in [5.74, 6) is -0.00635. The largest absolute Gasteiger partial charge is 0.524 e. The Morgan fingerprint density at radius 3 is 1.86 bits per heavy atom. The third-order valence-electron chi connectivity index (χ3n) is 1.48. The molecule has 0 aromatic heterocycles. The SMILES string of the molecule is CC(C)C(Cl)=C(OP(=O)(O)O)C(C)C. The van der Waals surface area contributed by atoms with E-state index >= 15 is 0 Å². The van der Waals surface area contributed by atoms with E-state index in [0.29, 0.717) is 5.03 Å². The van der Waals surface area contributed by atoms with Crippen LogP contribution in [-0.4, -0.2) is 9.79 Å². The summed E-state index contributed by atoms with van der Waals surface area (Å²) >= 11 is 5.89. The molecule has 0 saturated carbocycles. The summed E-state index contributed by atoms with van der Waals surface area (Å²) < 4.78 is 15.2. The second kappa shape index (κ2) is 5.17. The Morgan fingerprint density at radius 1 is 1.21 bits per heavy atom. The summed E-state index contributed by atoms with van der Waals surface area (Å²) in [6.07, 6.45) is 0. The first kappa shape index (κ1) is 14.0. The van der Waals surface area contributed by atoms with Gasteiger partial charge in [-0.2, -0.15) is 0 Å². The molecule has 0 aliphatic carbocycles. The molecule has 0 bridgehead atoms. The van der Waals surface area contributed by atoms with Gasteiger partial charge in [-0.1, -0.05) is 39.3 Å². The van der Waals surface area contributed by atoms with Crippen molar-refractivity contribution in [2.75, 3.05) is 0 Å². The maximum Gasteiger partial charge on any atom is 0.524 e. The van der Waals surface area contributed by atoms with Crippen molar-refractivity contribution in [2.24, 2.45) is 11.8 Å². The molecule has 84 valence electrons. The molecule has 0 fully saturated rings. The number of allylic oxidation sites excluding steroid dienone is 2. The highest BCUT2D eigenvalue weighted by Gasteiger charge is 2.23. The van der Waals surface area contributed by atoms with Crippen LogP contribution in [0.25, 0.3) is 0 Å². The van der Waals surface area contributed by atoms with Crippen molar-refractivity contribution in [3.8, 4) is 0 Å². The van der Waals surface area contributed by atoms with Gasteiger partial charge in [0.25, 0.3) is 0 Å². The minimum atomic E-state index is -4.51. The number of rotatable bonds is 4. The summed E-state index contributed by atoms with van der Waals surface area (Å²) in [7, 11) is -4.51. The summed E-state index contributed by atoms with van der Waals surface area (Å²) in [5, 5.41) is 0.350. The van der Waals surface area contributed by atoms with Crippen molar-refractivity contribution < 1.29 is 18.9 Å². The Bertz CT molecular complexity index is 267. The Labute approximate surface area is 89.2 Å². The average molecular weight is 243 g/mol. The maximum atomic E-state index is 10.7. The highest BCUT2D eigenvalue weighted by atomic mass is 35.5. The van der Waals surface area contributed by atoms with E-state index in [1.807, 2.05) is 13.8 Å². The highest BCUT2D eigenvalue weighted by molar-refractivity contribution is 7.46. The van der Waals surface area contributed by atoms with E-state index in [-0.39, 0.29) is 17.6 Å². The zero-order valence-electron chi connectivity index (χ0n) is 8.69. The van der Waals surface area contributed by atoms with Crippen LogP contribution >= 0.6 is 19.4 Å². The summed E-state index contributed by atoms with van der Waals surface area (Å²) in [5.41, 5.74) is 0. The minimum Gasteiger partial charge on any atom is -0.407 e. The molecule has 0 aromatic rings. The van der Waals surface area contributed by atoms with Crippen LogP contribution < -0.4 is 0 Å². The highest BCUT2D eigenvalue weighted by Crippen LogP contribution is 2.43. The van der Waals surface area contributed by atoms with Crippen molar-refractivity contribution in [1.29, 1.82) is 0 Å². The van der Waals surface area contributed by atoms with Crippen LogP contribution in [0.2, 0.25) is 0 Å². The molecule has 0 aliphatic rings. The quantitative estimate of drug-likeness (QED) is 0.588. The van der Waals surface area contributed by atoms with Crippen molar-refractivity contribution in [2.45, 2.75) is 27.7 Å². The third kappa shape index (κ3) is 5.01. The van der Waals surface area contributed by atoms with Gasteiger partial charge in [-0.15, -0.1) is 0 Å². The van der Waals surface area contributed by atoms with Crippen LogP contribution in [0.3, 0.4) is 0 Å². The Kier molecular flexibility index (Phi) is 5.16. The second-order valence-corrected chi connectivity index (χ2v) is 5.17. The number of hydrogen-bond donors (Lipinski definition) is 2. The van der Waals surface area contributed by atoms with Gasteiger partial charge in [0.1, 0.15) is 5.76 Å². The maximum absolute atomic E-state index is 10.7. The molecule has 0 radical (unpaired) electrons. The molecule has 2 N–H and O–H groups in total. The summed E-state index contributed by atoms with van der Waals surface area (Å²) in [4.78, 5) is 17.3. The standard InChI is InChI=1S/C8H16ClO4P/c1-5(2)7(9)8(6(3)4)13-14(10,11)12/h5-6H,1-4H3,(H2,10,11,12). The molecule has 0 saturated heterocycles. The van der Waals surface area contributed by atoms with Gasteiger partial charge in [-0.05, 0) is 5.92 Å². The monoisotopic (exact) mass is 242 g/mol. The van der Waals surface area contributed by atoms with Crippen molar-refractivity contribution in [3.63, 3.8) is 0 Å². The van der Waals surface area contributed by atoms with Gasteiger partial charge >= 0.3 is 7.82 Å². The minimum absolute atomic E-state index is 0.0133. The van der Waals surface area contributed by atoms with Gasteiger partial charge in [0.05, 0.1) is 5.03 Å². The molecular formula is C8H16ClO4P. The van der Waals surface area contributed by atoms with Crippen LogP contribution in [-0.2, 0) is 9.09 Å². The van der Waals surface area contributed by atoms with Crippen LogP contribution in [0.5, 0.6) is 0 Å². The molecule has 14 heavy (non-hydrogen) atoms. The van der Waals surface area contributed by atoms with Crippen LogP contribution in [0, 0.1) is 11.8 Å². The van der Waals surface area contributed by atoms with E-state index in [1.165, 1.54) is 0 Å². The lowest BCUT2D eigenvalue weighted by Crippen LogP contribution is -2.04. The summed E-state index contributed by atoms with van der Waals surface area (Å²) in [6, 6.07) is 0. The molecular weight excluding hydrogens is 227 g/mol. The normalized spacial score (nSPS) is 14.6. The fourth-order valence-corrected chi connectivity index (χ4v) is 1.71. The predicted octanol–water partition coefficient (Wildman–Crippen LogP) is 2.86. The van der Waals surface area contributed by atoms with Crippen molar-refractivity contribution >= 4 is 19.4 Å². The lowest BCUT2D eigenvalue weighted by Gasteiger charge is -2.17. The molecule has 0 aromatic carbocycles. The first-order valence-electron chi connectivity index (χ1n) is 4.30. The lowest BCUT2D eigenvalue weighted by molar-refractivity contribution is 0.224. The van der Waals surface area contributed by atoms with Crippen LogP contribution in [0.15, 0.2) is 10.8 Å². The molecule has 0 atom stereocenters. The van der Waals surface area contributed by atoms with E-state index in [1.54, 1.807) is 13.8 Å². The van der Waals surface area contributed by atoms with Crippen molar-refractivity contribution in [1.82, 2.24) is 0 Å².